The molecule has 0 saturated heterocycles. The number of hydrogen-bond acceptors (Lipinski definition) is 4. The fourth-order valence-corrected chi connectivity index (χ4v) is 10.2. The van der Waals surface area contributed by atoms with Crippen LogP contribution in [0.1, 0.15) is 22.3 Å². The van der Waals surface area contributed by atoms with Gasteiger partial charge in [-0.25, -0.2) is 15.0 Å². The second-order valence-electron chi connectivity index (χ2n) is 16.3. The number of rotatable bonds is 5. The average molecular weight is 790 g/mol. The summed E-state index contributed by atoms with van der Waals surface area (Å²) < 4.78 is 6.25. The van der Waals surface area contributed by atoms with Crippen molar-refractivity contribution in [2.75, 3.05) is 0 Å². The van der Waals surface area contributed by atoms with E-state index < -0.39 is 0 Å². The quantitative estimate of drug-likeness (QED) is 0.174. The molecule has 0 aliphatic heterocycles. The van der Waals surface area contributed by atoms with Crippen LogP contribution in [0.15, 0.2) is 217 Å². The average Bonchev–Trinajstić information content (AvgIpc) is 3.98. The molecule has 0 atom stereocenters. The van der Waals surface area contributed by atoms with Crippen molar-refractivity contribution in [2.24, 2.45) is 0 Å². The largest absolute Gasteiger partial charge is 0.456 e. The molecule has 2 aliphatic carbocycles. The Morgan fingerprint density at radius 1 is 0.274 bits per heavy atom. The van der Waals surface area contributed by atoms with Gasteiger partial charge in [-0.1, -0.05) is 182 Å². The van der Waals surface area contributed by atoms with Gasteiger partial charge in [0, 0.05) is 27.5 Å². The molecule has 0 unspecified atom stereocenters. The number of benzene rings is 9. The summed E-state index contributed by atoms with van der Waals surface area (Å²) in [6.45, 7) is 0. The lowest BCUT2D eigenvalue weighted by molar-refractivity contribution is 0.669. The van der Waals surface area contributed by atoms with Gasteiger partial charge in [0.05, 0.1) is 5.41 Å². The highest BCUT2D eigenvalue weighted by Gasteiger charge is 2.51. The molecule has 11 aromatic rings. The van der Waals surface area contributed by atoms with Crippen molar-refractivity contribution in [2.45, 2.75) is 5.41 Å². The normalized spacial score (nSPS) is 13.0. The predicted octanol–water partition coefficient (Wildman–Crippen LogP) is 14.4. The van der Waals surface area contributed by atoms with Crippen molar-refractivity contribution >= 4 is 21.9 Å². The summed E-state index contributed by atoms with van der Waals surface area (Å²) in [5.41, 5.74) is 19.3. The number of nitrogens with zero attached hydrogens (tertiary/aromatic N) is 3. The van der Waals surface area contributed by atoms with Crippen LogP contribution >= 0.6 is 0 Å². The van der Waals surface area contributed by atoms with Gasteiger partial charge in [0.1, 0.15) is 11.2 Å². The van der Waals surface area contributed by atoms with E-state index in [-0.39, 0.29) is 5.41 Å². The van der Waals surface area contributed by atoms with E-state index in [4.69, 9.17) is 19.4 Å². The Kier molecular flexibility index (Phi) is 7.49. The maximum Gasteiger partial charge on any atom is 0.164 e. The predicted molar refractivity (Wildman–Crippen MR) is 251 cm³/mol. The minimum atomic E-state index is -0.337. The summed E-state index contributed by atoms with van der Waals surface area (Å²) in [6, 6.07) is 75.8. The summed E-state index contributed by atoms with van der Waals surface area (Å²) >= 11 is 0. The first-order valence-electron chi connectivity index (χ1n) is 21.1. The van der Waals surface area contributed by atoms with Crippen LogP contribution in [0.3, 0.4) is 0 Å². The second-order valence-corrected chi connectivity index (χ2v) is 16.3. The van der Waals surface area contributed by atoms with Crippen molar-refractivity contribution in [1.29, 1.82) is 0 Å². The molecule has 4 heteroatoms. The van der Waals surface area contributed by atoms with Gasteiger partial charge in [-0.3, -0.25) is 0 Å². The molecule has 0 amide bonds. The van der Waals surface area contributed by atoms with Gasteiger partial charge in [0.15, 0.2) is 17.5 Å². The highest BCUT2D eigenvalue weighted by molar-refractivity contribution is 6.05. The molecule has 0 N–H and O–H groups in total. The van der Waals surface area contributed by atoms with Gasteiger partial charge in [-0.05, 0) is 97.1 Å². The number of para-hydroxylation sites is 1. The van der Waals surface area contributed by atoms with Crippen LogP contribution in [-0.2, 0) is 5.41 Å². The minimum Gasteiger partial charge on any atom is -0.456 e. The topological polar surface area (TPSA) is 51.8 Å². The minimum absolute atomic E-state index is 0.337. The van der Waals surface area contributed by atoms with E-state index in [0.717, 1.165) is 49.8 Å². The maximum absolute atomic E-state index is 6.25. The SMILES string of the molecule is c1ccc(-c2nc(-c3cccc(-c4ccc(-c5ccc6c(c5)-c5ccccc5C65c6ccccc6-c6ccccc65)cc4)c3)nc(-c3ccc4c(c3)oc3ccccc34)n2)cc1. The van der Waals surface area contributed by atoms with Crippen LogP contribution in [-0.4, -0.2) is 15.0 Å². The highest BCUT2D eigenvalue weighted by atomic mass is 16.3. The Balaban J connectivity index is 0.867. The third kappa shape index (κ3) is 5.10. The summed E-state index contributed by atoms with van der Waals surface area (Å²) in [7, 11) is 0. The summed E-state index contributed by atoms with van der Waals surface area (Å²) in [6.07, 6.45) is 0. The molecule has 0 saturated carbocycles. The van der Waals surface area contributed by atoms with Crippen LogP contribution in [0, 0.1) is 0 Å². The monoisotopic (exact) mass is 789 g/mol. The van der Waals surface area contributed by atoms with Gasteiger partial charge >= 0.3 is 0 Å². The van der Waals surface area contributed by atoms with Gasteiger partial charge < -0.3 is 4.42 Å². The number of aromatic nitrogens is 3. The van der Waals surface area contributed by atoms with Crippen molar-refractivity contribution < 1.29 is 4.42 Å². The van der Waals surface area contributed by atoms with E-state index >= 15 is 0 Å². The molecular formula is C58H35N3O. The molecule has 0 radical (unpaired) electrons. The van der Waals surface area contributed by atoms with Crippen LogP contribution in [0.5, 0.6) is 0 Å². The molecule has 2 aromatic heterocycles. The van der Waals surface area contributed by atoms with E-state index in [9.17, 15) is 0 Å². The van der Waals surface area contributed by atoms with Gasteiger partial charge in [0.2, 0.25) is 0 Å². The molecule has 4 nitrogen and oxygen atoms in total. The van der Waals surface area contributed by atoms with E-state index in [2.05, 4.69) is 158 Å². The van der Waals surface area contributed by atoms with E-state index in [1.807, 2.05) is 54.6 Å². The first-order chi connectivity index (χ1) is 30.7. The van der Waals surface area contributed by atoms with E-state index in [1.54, 1.807) is 0 Å². The van der Waals surface area contributed by atoms with Gasteiger partial charge in [-0.15, -0.1) is 0 Å². The zero-order chi connectivity index (χ0) is 40.8. The number of furan rings is 1. The Morgan fingerprint density at radius 3 is 1.40 bits per heavy atom. The number of fused-ring (bicyclic) bond motifs is 13. The van der Waals surface area contributed by atoms with Crippen molar-refractivity contribution in [3.63, 3.8) is 0 Å². The first kappa shape index (κ1) is 34.6. The van der Waals surface area contributed by atoms with Crippen molar-refractivity contribution in [3.05, 3.63) is 235 Å². The molecule has 62 heavy (non-hydrogen) atoms. The Labute approximate surface area is 358 Å². The summed E-state index contributed by atoms with van der Waals surface area (Å²) in [5, 5.41) is 2.16. The highest BCUT2D eigenvalue weighted by Crippen LogP contribution is 2.63. The Bertz CT molecular complexity index is 3540. The molecule has 1 spiro atoms. The molecule has 2 heterocycles. The molecule has 0 fully saturated rings. The van der Waals surface area contributed by atoms with Crippen LogP contribution in [0.4, 0.5) is 0 Å². The molecule has 288 valence electrons. The smallest absolute Gasteiger partial charge is 0.164 e. The lowest BCUT2D eigenvalue weighted by Gasteiger charge is -2.30. The van der Waals surface area contributed by atoms with Crippen LogP contribution in [0.2, 0.25) is 0 Å². The third-order valence-corrected chi connectivity index (χ3v) is 13.0. The van der Waals surface area contributed by atoms with E-state index in [1.165, 1.54) is 55.6 Å². The fraction of sp³-hybridized carbons (Fsp3) is 0.0172. The zero-order valence-corrected chi connectivity index (χ0v) is 33.5. The molecule has 0 bridgehead atoms. The lowest BCUT2D eigenvalue weighted by atomic mass is 9.70. The maximum atomic E-state index is 6.25. The fourth-order valence-electron chi connectivity index (χ4n) is 10.2. The summed E-state index contributed by atoms with van der Waals surface area (Å²) in [4.78, 5) is 15.1. The molecule has 2 aliphatic rings. The molecular weight excluding hydrogens is 755 g/mol. The van der Waals surface area contributed by atoms with Crippen molar-refractivity contribution in [1.82, 2.24) is 15.0 Å². The van der Waals surface area contributed by atoms with Gasteiger partial charge in [0.25, 0.3) is 0 Å². The Morgan fingerprint density at radius 2 is 0.726 bits per heavy atom. The first-order valence-corrected chi connectivity index (χ1v) is 21.1. The molecule has 13 rings (SSSR count). The molecule has 9 aromatic carbocycles. The van der Waals surface area contributed by atoms with Gasteiger partial charge in [-0.2, -0.15) is 0 Å². The zero-order valence-electron chi connectivity index (χ0n) is 33.5. The van der Waals surface area contributed by atoms with E-state index in [0.29, 0.717) is 17.5 Å². The Hall–Kier alpha value is -8.21. The third-order valence-electron chi connectivity index (χ3n) is 13.0. The number of hydrogen-bond donors (Lipinski definition) is 0. The second kappa shape index (κ2) is 13.4. The van der Waals surface area contributed by atoms with Crippen molar-refractivity contribution in [3.8, 4) is 78.7 Å². The standard InChI is InChI=1S/C58H35N3O/c1-2-13-38(14-3-1)55-59-56(61-57(60-55)42-29-31-47-46-20-7-11-24-53(46)62-54(47)35-42)41-16-12-15-39(33-41)36-25-27-37(28-26-36)40-30-32-52-48(34-40)45-19-6-10-23-51(45)58(52)49-21-8-4-17-43(49)44-18-5-9-22-50(44)58/h1-35H. The lowest BCUT2D eigenvalue weighted by Crippen LogP contribution is -2.25. The van der Waals surface area contributed by atoms with Crippen LogP contribution < -0.4 is 0 Å². The van der Waals surface area contributed by atoms with Crippen LogP contribution in [0.25, 0.3) is 101 Å². The summed E-state index contributed by atoms with van der Waals surface area (Å²) in [5.74, 6) is 1.82.